The molecule has 1 unspecified atom stereocenters. The van der Waals surface area contributed by atoms with E-state index < -0.39 is 12.1 Å². The van der Waals surface area contributed by atoms with Crippen LogP contribution < -0.4 is 10.5 Å². The van der Waals surface area contributed by atoms with E-state index in [1.807, 2.05) is 20.8 Å². The number of morpholine rings is 1. The lowest BCUT2D eigenvalue weighted by molar-refractivity contribution is -0.150. The second-order valence-electron chi connectivity index (χ2n) is 5.74. The normalized spacial score (nSPS) is 19.9. The number of anilines is 1. The van der Waals surface area contributed by atoms with E-state index in [1.54, 1.807) is 21.9 Å². The molecule has 1 aromatic rings. The molecule has 1 saturated heterocycles. The Morgan fingerprint density at radius 2 is 2.20 bits per heavy atom. The fourth-order valence-corrected chi connectivity index (χ4v) is 2.14. The zero-order valence-corrected chi connectivity index (χ0v) is 11.9. The summed E-state index contributed by atoms with van der Waals surface area (Å²) in [5, 5.41) is 9.00. The summed E-state index contributed by atoms with van der Waals surface area (Å²) >= 11 is 0. The third-order valence-corrected chi connectivity index (χ3v) is 3.19. The number of aliphatic carboxylic acids is 1. The van der Waals surface area contributed by atoms with Gasteiger partial charge in [-0.25, -0.2) is 9.78 Å². The van der Waals surface area contributed by atoms with Gasteiger partial charge >= 0.3 is 5.97 Å². The molecule has 2 heterocycles. The van der Waals surface area contributed by atoms with Gasteiger partial charge in [-0.2, -0.15) is 0 Å². The van der Waals surface area contributed by atoms with Crippen LogP contribution in [0.5, 0.6) is 0 Å². The molecular formula is C13H19N3O4. The second-order valence-corrected chi connectivity index (χ2v) is 5.74. The third kappa shape index (κ3) is 2.82. The first-order valence-corrected chi connectivity index (χ1v) is 6.48. The highest BCUT2D eigenvalue weighted by atomic mass is 16.5. The summed E-state index contributed by atoms with van der Waals surface area (Å²) in [5.41, 5.74) is -0.571. The van der Waals surface area contributed by atoms with Crippen LogP contribution in [0.25, 0.3) is 0 Å². The molecule has 1 fully saturated rings. The summed E-state index contributed by atoms with van der Waals surface area (Å²) in [6, 6.07) is 0. The van der Waals surface area contributed by atoms with Crippen molar-refractivity contribution in [3.63, 3.8) is 0 Å². The molecule has 110 valence electrons. The zero-order valence-electron chi connectivity index (χ0n) is 11.9. The van der Waals surface area contributed by atoms with E-state index in [1.165, 1.54) is 0 Å². The van der Waals surface area contributed by atoms with Gasteiger partial charge in [0.25, 0.3) is 5.56 Å². The van der Waals surface area contributed by atoms with Gasteiger partial charge in [0.15, 0.2) is 11.9 Å². The van der Waals surface area contributed by atoms with E-state index in [9.17, 15) is 9.59 Å². The van der Waals surface area contributed by atoms with Gasteiger partial charge in [0.1, 0.15) is 0 Å². The molecule has 7 heteroatoms. The number of nitrogens with zero attached hydrogens (tertiary/aromatic N) is 3. The van der Waals surface area contributed by atoms with Crippen LogP contribution in [0.3, 0.4) is 0 Å². The summed E-state index contributed by atoms with van der Waals surface area (Å²) < 4.78 is 6.75. The molecule has 0 amide bonds. The van der Waals surface area contributed by atoms with E-state index in [0.29, 0.717) is 6.54 Å². The van der Waals surface area contributed by atoms with Crippen LogP contribution in [-0.4, -0.2) is 46.4 Å². The molecule has 0 bridgehead atoms. The number of carboxylic acid groups (broad SMARTS) is 1. The largest absolute Gasteiger partial charge is 0.479 e. The summed E-state index contributed by atoms with van der Waals surface area (Å²) in [4.78, 5) is 29.2. The van der Waals surface area contributed by atoms with Gasteiger partial charge in [0.2, 0.25) is 0 Å². The predicted molar refractivity (Wildman–Crippen MR) is 73.1 cm³/mol. The smallest absolute Gasteiger partial charge is 0.334 e. The number of ether oxygens (including phenoxy) is 1. The Labute approximate surface area is 116 Å². The Kier molecular flexibility index (Phi) is 3.80. The van der Waals surface area contributed by atoms with E-state index in [4.69, 9.17) is 9.84 Å². The Hall–Kier alpha value is -1.89. The lowest BCUT2D eigenvalue weighted by Gasteiger charge is -2.32. The number of hydrogen-bond donors (Lipinski definition) is 1. The van der Waals surface area contributed by atoms with Crippen LogP contribution in [0.15, 0.2) is 17.2 Å². The van der Waals surface area contributed by atoms with E-state index >= 15 is 0 Å². The molecule has 1 aliphatic rings. The monoisotopic (exact) mass is 281 g/mol. The first-order valence-electron chi connectivity index (χ1n) is 6.48. The van der Waals surface area contributed by atoms with Gasteiger partial charge in [-0.3, -0.25) is 4.79 Å². The van der Waals surface area contributed by atoms with Gasteiger partial charge < -0.3 is 19.3 Å². The second kappa shape index (κ2) is 5.24. The summed E-state index contributed by atoms with van der Waals surface area (Å²) in [7, 11) is 0. The molecule has 20 heavy (non-hydrogen) atoms. The highest BCUT2D eigenvalue weighted by molar-refractivity contribution is 5.73. The average Bonchev–Trinajstić information content (AvgIpc) is 2.37. The SMILES string of the molecule is CC(C)(C)n1ccnc(N2CCOC(C(=O)O)C2)c1=O. The van der Waals surface area contributed by atoms with Crippen LogP contribution in [0.2, 0.25) is 0 Å². The van der Waals surface area contributed by atoms with Crippen molar-refractivity contribution in [1.29, 1.82) is 0 Å². The summed E-state index contributed by atoms with van der Waals surface area (Å²) in [6.45, 7) is 6.64. The van der Waals surface area contributed by atoms with Crippen molar-refractivity contribution < 1.29 is 14.6 Å². The molecule has 2 rings (SSSR count). The molecule has 0 spiro atoms. The molecule has 0 aromatic carbocycles. The average molecular weight is 281 g/mol. The lowest BCUT2D eigenvalue weighted by Crippen LogP contribution is -2.49. The van der Waals surface area contributed by atoms with Crippen LogP contribution in [0.4, 0.5) is 5.82 Å². The van der Waals surface area contributed by atoms with Crippen LogP contribution in [-0.2, 0) is 15.1 Å². The van der Waals surface area contributed by atoms with E-state index in [2.05, 4.69) is 4.98 Å². The van der Waals surface area contributed by atoms with Crippen molar-refractivity contribution in [3.8, 4) is 0 Å². The Bertz CT molecular complexity index is 561. The van der Waals surface area contributed by atoms with Crippen molar-refractivity contribution in [2.45, 2.75) is 32.4 Å². The number of rotatable bonds is 2. The molecule has 1 atom stereocenters. The summed E-state index contributed by atoms with van der Waals surface area (Å²) in [6.07, 6.45) is 2.28. The van der Waals surface area contributed by atoms with Gasteiger partial charge in [-0.1, -0.05) is 0 Å². The van der Waals surface area contributed by atoms with Gasteiger partial charge in [-0.15, -0.1) is 0 Å². The van der Waals surface area contributed by atoms with Crippen molar-refractivity contribution in [1.82, 2.24) is 9.55 Å². The number of carboxylic acids is 1. The first kappa shape index (κ1) is 14.5. The third-order valence-electron chi connectivity index (χ3n) is 3.19. The Balaban J connectivity index is 2.34. The standard InChI is InChI=1S/C13H19N3O4/c1-13(2,3)16-5-4-14-10(11(16)17)15-6-7-20-9(8-15)12(18)19/h4-5,9H,6-8H2,1-3H3,(H,18,19). The van der Waals surface area contributed by atoms with Crippen molar-refractivity contribution >= 4 is 11.8 Å². The Morgan fingerprint density at radius 3 is 2.80 bits per heavy atom. The molecular weight excluding hydrogens is 262 g/mol. The minimum absolute atomic E-state index is 0.131. The van der Waals surface area contributed by atoms with Crippen LogP contribution in [0.1, 0.15) is 20.8 Å². The maximum Gasteiger partial charge on any atom is 0.334 e. The molecule has 7 nitrogen and oxygen atoms in total. The maximum atomic E-state index is 12.5. The van der Waals surface area contributed by atoms with Gasteiger partial charge in [0.05, 0.1) is 13.2 Å². The fourth-order valence-electron chi connectivity index (χ4n) is 2.14. The van der Waals surface area contributed by atoms with Gasteiger partial charge in [-0.05, 0) is 20.8 Å². The molecule has 0 saturated carbocycles. The Morgan fingerprint density at radius 1 is 1.50 bits per heavy atom. The minimum Gasteiger partial charge on any atom is -0.479 e. The summed E-state index contributed by atoms with van der Waals surface area (Å²) in [5.74, 6) is -0.751. The van der Waals surface area contributed by atoms with Crippen LogP contribution in [0, 0.1) is 0 Å². The van der Waals surface area contributed by atoms with Crippen molar-refractivity contribution in [2.75, 3.05) is 24.6 Å². The molecule has 1 aliphatic heterocycles. The highest BCUT2D eigenvalue weighted by Gasteiger charge is 2.29. The number of hydrogen-bond acceptors (Lipinski definition) is 5. The topological polar surface area (TPSA) is 84.7 Å². The van der Waals surface area contributed by atoms with Crippen LogP contribution >= 0.6 is 0 Å². The predicted octanol–water partition coefficient (Wildman–Crippen LogP) is 0.288. The molecule has 1 aromatic heterocycles. The number of carbonyl (C=O) groups is 1. The molecule has 0 aliphatic carbocycles. The first-order chi connectivity index (χ1) is 9.30. The van der Waals surface area contributed by atoms with Crippen molar-refractivity contribution in [3.05, 3.63) is 22.7 Å². The molecule has 0 radical (unpaired) electrons. The van der Waals surface area contributed by atoms with E-state index in [-0.39, 0.29) is 30.1 Å². The lowest BCUT2D eigenvalue weighted by atomic mass is 10.1. The van der Waals surface area contributed by atoms with E-state index in [0.717, 1.165) is 0 Å². The number of aromatic nitrogens is 2. The van der Waals surface area contributed by atoms with Crippen molar-refractivity contribution in [2.24, 2.45) is 0 Å². The fraction of sp³-hybridized carbons (Fsp3) is 0.615. The van der Waals surface area contributed by atoms with Gasteiger partial charge in [0, 0.05) is 24.5 Å². The molecule has 1 N–H and O–H groups in total. The quantitative estimate of drug-likeness (QED) is 0.838. The highest BCUT2D eigenvalue weighted by Crippen LogP contribution is 2.15. The minimum atomic E-state index is -1.03. The zero-order chi connectivity index (χ0) is 14.9. The maximum absolute atomic E-state index is 12.5.